The Bertz CT molecular complexity index is 1160. The van der Waals surface area contributed by atoms with Crippen molar-refractivity contribution in [2.75, 3.05) is 18.1 Å². The fraction of sp³-hybridized carbons (Fsp3) is 0.222. The molecule has 0 saturated carbocycles. The van der Waals surface area contributed by atoms with Gasteiger partial charge in [0, 0.05) is 17.7 Å². The Morgan fingerprint density at radius 1 is 0.971 bits per heavy atom. The van der Waals surface area contributed by atoms with Gasteiger partial charge in [0.05, 0.1) is 17.4 Å². The molecule has 34 heavy (non-hydrogen) atoms. The van der Waals surface area contributed by atoms with E-state index >= 15 is 0 Å². The van der Waals surface area contributed by atoms with E-state index in [0.717, 1.165) is 30.5 Å². The predicted octanol–water partition coefficient (Wildman–Crippen LogP) is 3.48. The average Bonchev–Trinajstić information content (AvgIpc) is 3.32. The fourth-order valence-corrected chi connectivity index (χ4v) is 4.35. The molecule has 3 N–H and O–H groups in total. The van der Waals surface area contributed by atoms with Gasteiger partial charge in [-0.15, -0.1) is 0 Å². The molecule has 0 aliphatic carbocycles. The van der Waals surface area contributed by atoms with E-state index in [1.807, 2.05) is 66.7 Å². The highest BCUT2D eigenvalue weighted by molar-refractivity contribution is 6.17. The maximum Gasteiger partial charge on any atom is 0.325 e. The molecule has 1 unspecified atom stereocenters. The van der Waals surface area contributed by atoms with Crippen molar-refractivity contribution in [2.45, 2.75) is 25.4 Å². The molecule has 3 aromatic carbocycles. The van der Waals surface area contributed by atoms with Crippen LogP contribution in [0.25, 0.3) is 0 Å². The number of aliphatic imine (C=N–C) groups is 1. The molecule has 1 saturated heterocycles. The molecule has 1 aliphatic rings. The summed E-state index contributed by atoms with van der Waals surface area (Å²) in [7, 11) is 0. The van der Waals surface area contributed by atoms with Crippen molar-refractivity contribution in [1.29, 1.82) is 0 Å². The number of benzene rings is 3. The van der Waals surface area contributed by atoms with Crippen LogP contribution in [0.2, 0.25) is 0 Å². The number of carbonyl (C=O) groups excluding carboxylic acids is 1. The van der Waals surface area contributed by atoms with E-state index in [1.165, 1.54) is 5.01 Å². The Kier molecular flexibility index (Phi) is 7.47. The first-order valence-corrected chi connectivity index (χ1v) is 11.3. The van der Waals surface area contributed by atoms with Gasteiger partial charge in [-0.3, -0.25) is 19.5 Å². The van der Waals surface area contributed by atoms with Crippen LogP contribution in [0.15, 0.2) is 89.9 Å². The lowest BCUT2D eigenvalue weighted by Crippen LogP contribution is -2.49. The van der Waals surface area contributed by atoms with Crippen LogP contribution >= 0.6 is 0 Å². The number of hydrogen-bond acceptors (Lipinski definition) is 5. The molecule has 0 aromatic heterocycles. The van der Waals surface area contributed by atoms with E-state index < -0.39 is 5.97 Å². The molecule has 1 amide bonds. The lowest BCUT2D eigenvalue weighted by Gasteiger charge is -2.29. The van der Waals surface area contributed by atoms with Crippen molar-refractivity contribution in [2.24, 2.45) is 10.8 Å². The Morgan fingerprint density at radius 3 is 2.32 bits per heavy atom. The van der Waals surface area contributed by atoms with Crippen LogP contribution in [0.3, 0.4) is 0 Å². The van der Waals surface area contributed by atoms with Crippen LogP contribution in [0.5, 0.6) is 0 Å². The van der Waals surface area contributed by atoms with E-state index in [4.69, 9.17) is 5.84 Å². The number of likely N-dealkylation sites (tertiary alicyclic amines) is 1. The summed E-state index contributed by atoms with van der Waals surface area (Å²) < 4.78 is 0. The number of anilines is 1. The Morgan fingerprint density at radius 2 is 1.62 bits per heavy atom. The molecule has 0 radical (unpaired) electrons. The number of carboxylic acids is 1. The lowest BCUT2D eigenvalue weighted by molar-refractivity contribution is -0.135. The summed E-state index contributed by atoms with van der Waals surface area (Å²) in [4.78, 5) is 31.3. The standard InChI is InChI=1S/C27H28N4O3/c28-31(27(34)24-16-9-17-30(24)19-20-10-3-1-4-11-20)23-15-8-7-14-22(23)26(29-18-25(32)33)21-12-5-2-6-13-21/h1-8,10-15,24H,9,16-19,28H2,(H,32,33)/b29-26+. The van der Waals surface area contributed by atoms with Crippen molar-refractivity contribution in [3.63, 3.8) is 0 Å². The number of rotatable bonds is 8. The molecule has 7 heteroatoms. The number of hydrazine groups is 1. The van der Waals surface area contributed by atoms with E-state index in [1.54, 1.807) is 6.07 Å². The number of nitrogens with zero attached hydrogens (tertiary/aromatic N) is 3. The van der Waals surface area contributed by atoms with Crippen molar-refractivity contribution < 1.29 is 14.7 Å². The lowest BCUT2D eigenvalue weighted by atomic mass is 10.00. The molecule has 174 valence electrons. The highest BCUT2D eigenvalue weighted by Gasteiger charge is 2.34. The number of carboxylic acid groups (broad SMARTS) is 1. The minimum absolute atomic E-state index is 0.188. The van der Waals surface area contributed by atoms with Crippen LogP contribution in [0.1, 0.15) is 29.5 Å². The zero-order valence-corrected chi connectivity index (χ0v) is 18.9. The summed E-state index contributed by atoms with van der Waals surface area (Å²) in [5.41, 5.74) is 3.49. The third-order valence-corrected chi connectivity index (χ3v) is 5.95. The number of aliphatic carboxylic acids is 1. The van der Waals surface area contributed by atoms with Crippen molar-refractivity contribution in [1.82, 2.24) is 4.90 Å². The SMILES string of the molecule is NN(C(=O)C1CCCN1Cc1ccccc1)c1ccccc1/C(=N/CC(=O)O)c1ccccc1. The molecule has 1 atom stereocenters. The first-order valence-electron chi connectivity index (χ1n) is 11.3. The van der Waals surface area contributed by atoms with Gasteiger partial charge in [0.25, 0.3) is 5.91 Å². The fourth-order valence-electron chi connectivity index (χ4n) is 4.35. The van der Waals surface area contributed by atoms with Gasteiger partial charge in [-0.05, 0) is 31.0 Å². The minimum atomic E-state index is -1.03. The monoisotopic (exact) mass is 456 g/mol. The van der Waals surface area contributed by atoms with Gasteiger partial charge in [0.1, 0.15) is 6.54 Å². The van der Waals surface area contributed by atoms with E-state index in [-0.39, 0.29) is 18.5 Å². The Hall–Kier alpha value is -3.81. The maximum atomic E-state index is 13.5. The van der Waals surface area contributed by atoms with Crippen molar-refractivity contribution in [3.8, 4) is 0 Å². The highest BCUT2D eigenvalue weighted by Crippen LogP contribution is 2.27. The number of hydrogen-bond donors (Lipinski definition) is 2. The van der Waals surface area contributed by atoms with Gasteiger partial charge in [0.2, 0.25) is 0 Å². The molecule has 0 bridgehead atoms. The summed E-state index contributed by atoms with van der Waals surface area (Å²) in [5.74, 6) is 5.21. The molecule has 4 rings (SSSR count). The second-order valence-electron chi connectivity index (χ2n) is 8.26. The Balaban J connectivity index is 1.64. The smallest absolute Gasteiger partial charge is 0.325 e. The normalized spacial score (nSPS) is 16.4. The van der Waals surface area contributed by atoms with Gasteiger partial charge < -0.3 is 5.11 Å². The molecule has 1 aliphatic heterocycles. The van der Waals surface area contributed by atoms with E-state index in [0.29, 0.717) is 23.5 Å². The maximum absolute atomic E-state index is 13.5. The third kappa shape index (κ3) is 5.39. The van der Waals surface area contributed by atoms with E-state index in [2.05, 4.69) is 22.0 Å². The van der Waals surface area contributed by atoms with Crippen LogP contribution in [-0.2, 0) is 16.1 Å². The van der Waals surface area contributed by atoms with Gasteiger partial charge in [-0.1, -0.05) is 78.9 Å². The third-order valence-electron chi connectivity index (χ3n) is 5.95. The topological polar surface area (TPSA) is 99.2 Å². The quantitative estimate of drug-likeness (QED) is 0.234. The molecular weight excluding hydrogens is 428 g/mol. The molecule has 1 fully saturated rings. The number of carbonyl (C=O) groups is 2. The summed E-state index contributed by atoms with van der Waals surface area (Å²) in [6.07, 6.45) is 1.66. The summed E-state index contributed by atoms with van der Waals surface area (Å²) in [6.45, 7) is 1.13. The van der Waals surface area contributed by atoms with Gasteiger partial charge in [-0.25, -0.2) is 10.9 Å². The first-order chi connectivity index (χ1) is 16.5. The Labute approximate surface area is 199 Å². The largest absolute Gasteiger partial charge is 0.480 e. The molecule has 7 nitrogen and oxygen atoms in total. The van der Waals surface area contributed by atoms with Gasteiger partial charge in [0.15, 0.2) is 0 Å². The highest BCUT2D eigenvalue weighted by atomic mass is 16.4. The number of nitrogens with two attached hydrogens (primary N) is 1. The van der Waals surface area contributed by atoms with Crippen molar-refractivity contribution >= 4 is 23.3 Å². The molecular formula is C27H28N4O3. The molecule has 0 spiro atoms. The molecule has 1 heterocycles. The van der Waals surface area contributed by atoms with Crippen LogP contribution in [0.4, 0.5) is 5.69 Å². The summed E-state index contributed by atoms with van der Waals surface area (Å²) in [6, 6.07) is 26.3. The van der Waals surface area contributed by atoms with Gasteiger partial charge in [-0.2, -0.15) is 0 Å². The summed E-state index contributed by atoms with van der Waals surface area (Å²) in [5, 5.41) is 10.4. The van der Waals surface area contributed by atoms with Gasteiger partial charge >= 0.3 is 5.97 Å². The van der Waals surface area contributed by atoms with Crippen LogP contribution in [-0.4, -0.2) is 46.7 Å². The average molecular weight is 457 g/mol. The minimum Gasteiger partial charge on any atom is -0.480 e. The summed E-state index contributed by atoms with van der Waals surface area (Å²) >= 11 is 0. The van der Waals surface area contributed by atoms with Crippen LogP contribution in [0, 0.1) is 0 Å². The molecule has 3 aromatic rings. The first kappa shape index (κ1) is 23.4. The number of para-hydroxylation sites is 1. The predicted molar refractivity (Wildman–Crippen MR) is 133 cm³/mol. The van der Waals surface area contributed by atoms with Crippen molar-refractivity contribution in [3.05, 3.63) is 102 Å². The zero-order valence-electron chi connectivity index (χ0n) is 18.9. The number of amides is 1. The second-order valence-corrected chi connectivity index (χ2v) is 8.26. The zero-order chi connectivity index (χ0) is 23.9. The second kappa shape index (κ2) is 10.9. The van der Waals surface area contributed by atoms with Crippen LogP contribution < -0.4 is 10.9 Å². The van der Waals surface area contributed by atoms with E-state index in [9.17, 15) is 14.7 Å².